The van der Waals surface area contributed by atoms with E-state index in [-0.39, 0.29) is 25.3 Å². The average molecular weight is 536 g/mol. The van der Waals surface area contributed by atoms with Crippen LogP contribution in [0.1, 0.15) is 30.2 Å². The van der Waals surface area contributed by atoms with Crippen molar-refractivity contribution < 1.29 is 36.9 Å². The summed E-state index contributed by atoms with van der Waals surface area (Å²) in [6, 6.07) is 10.4. The molecule has 38 heavy (non-hydrogen) atoms. The first-order chi connectivity index (χ1) is 17.9. The number of halogens is 4. The summed E-state index contributed by atoms with van der Waals surface area (Å²) in [5, 5.41) is 10.4. The van der Waals surface area contributed by atoms with E-state index in [4.69, 9.17) is 9.47 Å². The molecule has 2 unspecified atom stereocenters. The highest BCUT2D eigenvalue weighted by Gasteiger charge is 2.59. The largest absolute Gasteiger partial charge is 0.497 e. The second-order valence-electron chi connectivity index (χ2n) is 9.39. The molecule has 3 atom stereocenters. The quantitative estimate of drug-likeness (QED) is 0.451. The molecule has 2 aromatic carbocycles. The van der Waals surface area contributed by atoms with Crippen molar-refractivity contribution in [2.75, 3.05) is 18.6 Å². The smallest absolute Gasteiger partial charge is 0.424 e. The van der Waals surface area contributed by atoms with Crippen LogP contribution in [0.25, 0.3) is 0 Å². The topological polar surface area (TPSA) is 76.8 Å². The molecule has 0 bridgehead atoms. The minimum Gasteiger partial charge on any atom is -0.497 e. The van der Waals surface area contributed by atoms with Crippen molar-refractivity contribution in [3.8, 4) is 11.5 Å². The normalized spacial score (nSPS) is 18.2. The highest BCUT2D eigenvalue weighted by molar-refractivity contribution is 5.95. The molecule has 2 heterocycles. The fourth-order valence-electron chi connectivity index (χ4n) is 4.62. The first kappa shape index (κ1) is 27.4. The molecule has 11 heteroatoms. The summed E-state index contributed by atoms with van der Waals surface area (Å²) in [7, 11) is 3.30. The molecule has 0 aliphatic carbocycles. The number of ether oxygens (including phenoxy) is 2. The monoisotopic (exact) mass is 535 g/mol. The zero-order valence-corrected chi connectivity index (χ0v) is 21.2. The number of alkyl halides is 4. The molecule has 1 aliphatic heterocycles. The Hall–Kier alpha value is -3.60. The number of aryl methyl sites for hydroxylation is 2. The Bertz CT molecular complexity index is 1290. The second-order valence-corrected chi connectivity index (χ2v) is 9.39. The van der Waals surface area contributed by atoms with Crippen molar-refractivity contribution in [3.63, 3.8) is 0 Å². The fourth-order valence-corrected chi connectivity index (χ4v) is 4.62. The van der Waals surface area contributed by atoms with Crippen molar-refractivity contribution in [2.24, 2.45) is 7.05 Å². The van der Waals surface area contributed by atoms with E-state index in [0.29, 0.717) is 41.8 Å². The molecule has 0 saturated heterocycles. The highest BCUT2D eigenvalue weighted by Crippen LogP contribution is 2.44. The Morgan fingerprint density at radius 3 is 2.58 bits per heavy atom. The van der Waals surface area contributed by atoms with Crippen molar-refractivity contribution >= 4 is 11.6 Å². The average Bonchev–Trinajstić information content (AvgIpc) is 3.19. The van der Waals surface area contributed by atoms with Crippen LogP contribution in [0, 0.1) is 0 Å². The van der Waals surface area contributed by atoms with Gasteiger partial charge in [-0.3, -0.25) is 4.79 Å². The van der Waals surface area contributed by atoms with E-state index >= 15 is 0 Å². The number of anilines is 1. The predicted molar refractivity (Wildman–Crippen MR) is 132 cm³/mol. The summed E-state index contributed by atoms with van der Waals surface area (Å²) >= 11 is 0. The Balaban J connectivity index is 1.71. The fraction of sp³-hybridized carbons (Fsp3) is 0.407. The van der Waals surface area contributed by atoms with Crippen LogP contribution in [0.5, 0.6) is 11.5 Å². The number of hydrogen-bond donors (Lipinski definition) is 1. The third kappa shape index (κ3) is 5.47. The maximum absolute atomic E-state index is 14.2. The summed E-state index contributed by atoms with van der Waals surface area (Å²) < 4.78 is 68.6. The lowest BCUT2D eigenvalue weighted by molar-refractivity contribution is -0.285. The standard InChI is InChI=1S/C27H29F4N3O4/c1-17(28)26(36,27(29,30)31)19-8-10-24-18(11-19)7-9-23(38-22-6-4-5-21(13-22)37-3)15-34(24)25(35)12-20-14-33(2)16-32-20/h4-6,8,10-11,13-14,16-17,23,36H,7,9,12,15H2,1-3H3/t17?,23-,26?/m0/s1. The summed E-state index contributed by atoms with van der Waals surface area (Å²) in [6.45, 7) is 0.790. The summed E-state index contributed by atoms with van der Waals surface area (Å²) in [5.41, 5.74) is -3.03. The minimum absolute atomic E-state index is 0.0398. The summed E-state index contributed by atoms with van der Waals surface area (Å²) in [4.78, 5) is 19.1. The number of benzene rings is 2. The molecule has 0 radical (unpaired) electrons. The van der Waals surface area contributed by atoms with Crippen LogP contribution in [0.15, 0.2) is 55.0 Å². The highest BCUT2D eigenvalue weighted by atomic mass is 19.4. The molecule has 7 nitrogen and oxygen atoms in total. The number of imidazole rings is 1. The van der Waals surface area contributed by atoms with E-state index in [1.54, 1.807) is 48.4 Å². The van der Waals surface area contributed by atoms with Gasteiger partial charge in [-0.1, -0.05) is 18.2 Å². The molecule has 0 fully saturated rings. The van der Waals surface area contributed by atoms with Gasteiger partial charge in [0.2, 0.25) is 11.5 Å². The van der Waals surface area contributed by atoms with Crippen molar-refractivity contribution in [1.82, 2.24) is 9.55 Å². The third-order valence-corrected chi connectivity index (χ3v) is 6.68. The molecule has 4 rings (SSSR count). The Kier molecular flexibility index (Phi) is 7.68. The number of rotatable bonds is 7. The molecular weight excluding hydrogens is 506 g/mol. The van der Waals surface area contributed by atoms with E-state index in [2.05, 4.69) is 4.98 Å². The van der Waals surface area contributed by atoms with Crippen LogP contribution >= 0.6 is 0 Å². The molecule has 204 valence electrons. The van der Waals surface area contributed by atoms with Crippen molar-refractivity contribution in [3.05, 3.63) is 71.8 Å². The van der Waals surface area contributed by atoms with E-state index in [1.165, 1.54) is 18.1 Å². The molecule has 1 aliphatic rings. The first-order valence-electron chi connectivity index (χ1n) is 12.1. The van der Waals surface area contributed by atoms with Gasteiger partial charge < -0.3 is 24.0 Å². The zero-order valence-electron chi connectivity index (χ0n) is 21.2. The SMILES string of the molecule is COc1cccc(O[C@H]2CCc3cc(C(O)(C(C)F)C(F)(F)F)ccc3N(C(=O)Cc3cn(C)cn3)C2)c1. The van der Waals surface area contributed by atoms with Gasteiger partial charge in [-0.25, -0.2) is 9.37 Å². The van der Waals surface area contributed by atoms with E-state index in [9.17, 15) is 27.5 Å². The Labute approximate surface area is 217 Å². The van der Waals surface area contributed by atoms with E-state index in [0.717, 1.165) is 12.1 Å². The lowest BCUT2D eigenvalue weighted by atomic mass is 9.87. The van der Waals surface area contributed by atoms with Gasteiger partial charge in [0, 0.05) is 25.0 Å². The predicted octanol–water partition coefficient (Wildman–Crippen LogP) is 4.51. The number of amides is 1. The number of methoxy groups -OCH3 is 1. The van der Waals surface area contributed by atoms with Gasteiger partial charge in [0.15, 0.2) is 0 Å². The van der Waals surface area contributed by atoms with Crippen molar-refractivity contribution in [2.45, 2.75) is 50.2 Å². The third-order valence-electron chi connectivity index (χ3n) is 6.68. The zero-order chi connectivity index (χ0) is 27.7. The molecule has 1 aromatic heterocycles. The van der Waals surface area contributed by atoms with Gasteiger partial charge in [0.05, 0.1) is 32.1 Å². The first-order valence-corrected chi connectivity index (χ1v) is 12.1. The maximum atomic E-state index is 14.2. The number of aliphatic hydroxyl groups is 1. The van der Waals surface area contributed by atoms with Gasteiger partial charge in [-0.15, -0.1) is 0 Å². The molecule has 3 aromatic rings. The Morgan fingerprint density at radius 2 is 1.95 bits per heavy atom. The number of hydrogen-bond acceptors (Lipinski definition) is 5. The lowest BCUT2D eigenvalue weighted by Gasteiger charge is -2.33. The van der Waals surface area contributed by atoms with Gasteiger partial charge in [0.25, 0.3) is 0 Å². The summed E-state index contributed by atoms with van der Waals surface area (Å²) in [6.07, 6.45) is -4.54. The van der Waals surface area contributed by atoms with Crippen LogP contribution < -0.4 is 14.4 Å². The molecule has 0 saturated carbocycles. The van der Waals surface area contributed by atoms with Crippen LogP contribution in [-0.4, -0.2) is 52.7 Å². The maximum Gasteiger partial charge on any atom is 0.424 e. The van der Waals surface area contributed by atoms with Gasteiger partial charge in [-0.05, 0) is 49.1 Å². The van der Waals surface area contributed by atoms with Gasteiger partial charge in [-0.2, -0.15) is 13.2 Å². The molecule has 0 spiro atoms. The van der Waals surface area contributed by atoms with Crippen LogP contribution in [0.4, 0.5) is 23.2 Å². The number of carbonyl (C=O) groups is 1. The second kappa shape index (κ2) is 10.6. The van der Waals surface area contributed by atoms with Gasteiger partial charge >= 0.3 is 6.18 Å². The van der Waals surface area contributed by atoms with E-state index in [1.807, 2.05) is 0 Å². The van der Waals surface area contributed by atoms with Gasteiger partial charge in [0.1, 0.15) is 23.8 Å². The number of nitrogens with zero attached hydrogens (tertiary/aromatic N) is 3. The number of fused-ring (bicyclic) bond motifs is 1. The number of carbonyl (C=O) groups excluding carboxylic acids is 1. The lowest BCUT2D eigenvalue weighted by Crippen LogP contribution is -2.49. The van der Waals surface area contributed by atoms with Crippen LogP contribution in [0.3, 0.4) is 0 Å². The van der Waals surface area contributed by atoms with Crippen molar-refractivity contribution in [1.29, 1.82) is 0 Å². The molecule has 1 amide bonds. The van der Waals surface area contributed by atoms with E-state index < -0.39 is 29.6 Å². The minimum atomic E-state index is -5.24. The van der Waals surface area contributed by atoms with Crippen LogP contribution in [0.2, 0.25) is 0 Å². The number of aromatic nitrogens is 2. The Morgan fingerprint density at radius 1 is 1.21 bits per heavy atom. The molecule has 1 N–H and O–H groups in total. The molecular formula is C27H29F4N3O4. The van der Waals surface area contributed by atoms with Crippen LogP contribution in [-0.2, 0) is 30.3 Å². The summed E-state index contributed by atoms with van der Waals surface area (Å²) in [5.74, 6) is 0.763.